The van der Waals surface area contributed by atoms with Gasteiger partial charge in [0, 0.05) is 16.3 Å². The second kappa shape index (κ2) is 10.5. The molecule has 4 rings (SSSR count). The Morgan fingerprint density at radius 3 is 2.50 bits per heavy atom. The van der Waals surface area contributed by atoms with Crippen molar-refractivity contribution in [1.29, 1.82) is 0 Å². The Bertz CT molecular complexity index is 1310. The Balaban J connectivity index is 1.67. The number of amides is 1. The molecule has 0 aliphatic heterocycles. The minimum absolute atomic E-state index is 0.0848. The molecule has 0 aliphatic rings. The van der Waals surface area contributed by atoms with Gasteiger partial charge in [-0.3, -0.25) is 9.36 Å². The summed E-state index contributed by atoms with van der Waals surface area (Å²) >= 11 is 7.48. The van der Waals surface area contributed by atoms with Crippen molar-refractivity contribution in [2.75, 3.05) is 11.1 Å². The Kier molecular flexibility index (Phi) is 7.39. The molecule has 1 heterocycles. The van der Waals surface area contributed by atoms with Crippen molar-refractivity contribution < 1.29 is 4.79 Å². The number of aromatic nitrogens is 3. The van der Waals surface area contributed by atoms with Gasteiger partial charge in [0.2, 0.25) is 5.91 Å². The number of thioether (sulfide) groups is 1. The van der Waals surface area contributed by atoms with E-state index in [-0.39, 0.29) is 11.7 Å². The Morgan fingerprint density at radius 2 is 1.76 bits per heavy atom. The summed E-state index contributed by atoms with van der Waals surface area (Å²) in [6, 6.07) is 21.8. The zero-order chi connectivity index (χ0) is 24.2. The monoisotopic (exact) mass is 490 g/mol. The van der Waals surface area contributed by atoms with E-state index in [2.05, 4.69) is 41.5 Å². The predicted molar refractivity (Wildman–Crippen MR) is 141 cm³/mol. The minimum atomic E-state index is -0.0848. The number of carbonyl (C=O) groups excluding carboxylic acids is 1. The number of anilines is 1. The lowest BCUT2D eigenvalue weighted by molar-refractivity contribution is -0.113. The smallest absolute Gasteiger partial charge is 0.234 e. The molecule has 0 saturated heterocycles. The lowest BCUT2D eigenvalue weighted by atomic mass is 10.0. The molecular formula is C27H27ClN4OS. The zero-order valence-corrected chi connectivity index (χ0v) is 21.2. The number of rotatable bonds is 7. The van der Waals surface area contributed by atoms with Crippen LogP contribution in [0.1, 0.15) is 36.5 Å². The van der Waals surface area contributed by atoms with Crippen LogP contribution in [0.5, 0.6) is 0 Å². The fraction of sp³-hybridized carbons (Fsp3) is 0.222. The molecule has 7 heteroatoms. The first kappa shape index (κ1) is 24.0. The van der Waals surface area contributed by atoms with Crippen molar-refractivity contribution in [3.05, 3.63) is 88.4 Å². The molecule has 4 aromatic rings. The van der Waals surface area contributed by atoms with Gasteiger partial charge in [0.1, 0.15) is 0 Å². The summed E-state index contributed by atoms with van der Waals surface area (Å²) in [6.45, 7) is 8.32. The van der Waals surface area contributed by atoms with Crippen LogP contribution in [0.2, 0.25) is 5.02 Å². The fourth-order valence-electron chi connectivity index (χ4n) is 3.73. The van der Waals surface area contributed by atoms with Crippen LogP contribution >= 0.6 is 23.4 Å². The number of halogens is 1. The molecule has 0 aliphatic carbocycles. The molecule has 0 fully saturated rings. The van der Waals surface area contributed by atoms with Crippen LogP contribution in [0.25, 0.3) is 17.1 Å². The lowest BCUT2D eigenvalue weighted by Crippen LogP contribution is -2.15. The quantitative estimate of drug-likeness (QED) is 0.282. The van der Waals surface area contributed by atoms with Crippen LogP contribution < -0.4 is 5.32 Å². The van der Waals surface area contributed by atoms with Crippen molar-refractivity contribution >= 4 is 35.0 Å². The molecule has 5 nitrogen and oxygen atoms in total. The van der Waals surface area contributed by atoms with E-state index in [0.29, 0.717) is 21.9 Å². The first-order chi connectivity index (χ1) is 16.3. The molecular weight excluding hydrogens is 464 g/mol. The standard InChI is InChI=1S/C27H27ClN4OS/c1-17(2)22-7-5-6-8-24(22)32-26(20-11-13-21(28)14-12-20)30-31-27(32)34-16-25(33)29-23-15-18(3)9-10-19(23)4/h5-15,17H,16H2,1-4H3,(H,29,33). The van der Waals surface area contributed by atoms with E-state index >= 15 is 0 Å². The van der Waals surface area contributed by atoms with Crippen molar-refractivity contribution in [2.45, 2.75) is 38.8 Å². The summed E-state index contributed by atoms with van der Waals surface area (Å²) in [7, 11) is 0. The van der Waals surface area contributed by atoms with Gasteiger partial charge in [-0.1, -0.05) is 67.5 Å². The number of hydrogen-bond donors (Lipinski definition) is 1. The van der Waals surface area contributed by atoms with Crippen LogP contribution in [0.4, 0.5) is 5.69 Å². The van der Waals surface area contributed by atoms with Crippen LogP contribution in [-0.2, 0) is 4.79 Å². The topological polar surface area (TPSA) is 59.8 Å². The maximum atomic E-state index is 12.8. The number of para-hydroxylation sites is 1. The number of benzene rings is 3. The molecule has 0 bridgehead atoms. The van der Waals surface area contributed by atoms with E-state index < -0.39 is 0 Å². The van der Waals surface area contributed by atoms with Gasteiger partial charge < -0.3 is 5.32 Å². The highest BCUT2D eigenvalue weighted by molar-refractivity contribution is 7.99. The highest BCUT2D eigenvalue weighted by Gasteiger charge is 2.20. The predicted octanol–water partition coefficient (Wildman–Crippen LogP) is 7.06. The van der Waals surface area contributed by atoms with Gasteiger partial charge in [-0.15, -0.1) is 10.2 Å². The highest BCUT2D eigenvalue weighted by atomic mass is 35.5. The first-order valence-corrected chi connectivity index (χ1v) is 12.5. The van der Waals surface area contributed by atoms with E-state index in [0.717, 1.165) is 28.1 Å². The summed E-state index contributed by atoms with van der Waals surface area (Å²) in [4.78, 5) is 12.8. The van der Waals surface area contributed by atoms with Gasteiger partial charge in [0.05, 0.1) is 11.4 Å². The van der Waals surface area contributed by atoms with Crippen LogP contribution in [0, 0.1) is 13.8 Å². The van der Waals surface area contributed by atoms with Crippen molar-refractivity contribution in [3.63, 3.8) is 0 Å². The van der Waals surface area contributed by atoms with E-state index in [1.54, 1.807) is 0 Å². The second-order valence-corrected chi connectivity index (χ2v) is 9.90. The van der Waals surface area contributed by atoms with Gasteiger partial charge in [-0.2, -0.15) is 0 Å². The summed E-state index contributed by atoms with van der Waals surface area (Å²) in [5, 5.41) is 13.3. The molecule has 174 valence electrons. The van der Waals surface area contributed by atoms with Crippen molar-refractivity contribution in [3.8, 4) is 17.1 Å². The Morgan fingerprint density at radius 1 is 1.03 bits per heavy atom. The Hall–Kier alpha value is -3.09. The molecule has 1 amide bonds. The number of hydrogen-bond acceptors (Lipinski definition) is 4. The zero-order valence-electron chi connectivity index (χ0n) is 19.7. The van der Waals surface area contributed by atoms with Crippen LogP contribution in [-0.4, -0.2) is 26.4 Å². The van der Waals surface area contributed by atoms with E-state index in [1.807, 2.05) is 73.0 Å². The summed E-state index contributed by atoms with van der Waals surface area (Å²) < 4.78 is 2.04. The lowest BCUT2D eigenvalue weighted by Gasteiger charge is -2.17. The average Bonchev–Trinajstić information content (AvgIpc) is 3.24. The molecule has 1 aromatic heterocycles. The molecule has 1 N–H and O–H groups in total. The van der Waals surface area contributed by atoms with E-state index in [4.69, 9.17) is 11.6 Å². The fourth-order valence-corrected chi connectivity index (χ4v) is 4.60. The first-order valence-electron chi connectivity index (χ1n) is 11.1. The van der Waals surface area contributed by atoms with Crippen molar-refractivity contribution in [1.82, 2.24) is 14.8 Å². The third kappa shape index (κ3) is 5.34. The number of carbonyl (C=O) groups is 1. The number of nitrogens with zero attached hydrogens (tertiary/aromatic N) is 3. The largest absolute Gasteiger partial charge is 0.325 e. The molecule has 3 aromatic carbocycles. The third-order valence-electron chi connectivity index (χ3n) is 5.53. The summed E-state index contributed by atoms with van der Waals surface area (Å²) in [6.07, 6.45) is 0. The second-order valence-electron chi connectivity index (χ2n) is 8.52. The van der Waals surface area contributed by atoms with Gasteiger partial charge in [-0.25, -0.2) is 0 Å². The molecule has 0 unspecified atom stereocenters. The molecule has 0 saturated carbocycles. The Labute approximate surface area is 209 Å². The normalized spacial score (nSPS) is 11.1. The average molecular weight is 491 g/mol. The van der Waals surface area contributed by atoms with Gasteiger partial charge in [0.25, 0.3) is 0 Å². The third-order valence-corrected chi connectivity index (χ3v) is 6.72. The SMILES string of the molecule is Cc1ccc(C)c(NC(=O)CSc2nnc(-c3ccc(Cl)cc3)n2-c2ccccc2C(C)C)c1. The molecule has 0 radical (unpaired) electrons. The number of aryl methyl sites for hydroxylation is 2. The van der Waals surface area contributed by atoms with Gasteiger partial charge in [-0.05, 0) is 72.9 Å². The van der Waals surface area contributed by atoms with Crippen molar-refractivity contribution in [2.24, 2.45) is 0 Å². The molecule has 0 atom stereocenters. The molecule has 0 spiro atoms. The minimum Gasteiger partial charge on any atom is -0.325 e. The van der Waals surface area contributed by atoms with E-state index in [1.165, 1.54) is 17.3 Å². The number of nitrogens with one attached hydrogen (secondary N) is 1. The van der Waals surface area contributed by atoms with Gasteiger partial charge in [0.15, 0.2) is 11.0 Å². The summed E-state index contributed by atoms with van der Waals surface area (Å²) in [5.41, 5.74) is 6.06. The molecule has 34 heavy (non-hydrogen) atoms. The summed E-state index contributed by atoms with van der Waals surface area (Å²) in [5.74, 6) is 1.15. The van der Waals surface area contributed by atoms with Crippen LogP contribution in [0.15, 0.2) is 71.9 Å². The van der Waals surface area contributed by atoms with E-state index in [9.17, 15) is 4.79 Å². The maximum Gasteiger partial charge on any atom is 0.234 e. The van der Waals surface area contributed by atoms with Crippen LogP contribution in [0.3, 0.4) is 0 Å². The van der Waals surface area contributed by atoms with Gasteiger partial charge >= 0.3 is 0 Å². The maximum absolute atomic E-state index is 12.8. The highest BCUT2D eigenvalue weighted by Crippen LogP contribution is 2.32.